The van der Waals surface area contributed by atoms with Crippen LogP contribution >= 0.6 is 23.2 Å². The van der Waals surface area contributed by atoms with E-state index in [0.717, 1.165) is 18.4 Å². The molecule has 18 heavy (non-hydrogen) atoms. The molecule has 2 N–H and O–H groups in total. The predicted octanol–water partition coefficient (Wildman–Crippen LogP) is 4.11. The van der Waals surface area contributed by atoms with Crippen molar-refractivity contribution in [3.05, 3.63) is 33.8 Å². The molecule has 102 valence electrons. The van der Waals surface area contributed by atoms with E-state index in [2.05, 4.69) is 25.8 Å². The highest BCUT2D eigenvalue weighted by atomic mass is 35.5. The average Bonchev–Trinajstić information content (AvgIpc) is 2.35. The lowest BCUT2D eigenvalue weighted by Gasteiger charge is -2.33. The van der Waals surface area contributed by atoms with E-state index in [1.54, 1.807) is 6.07 Å². The van der Waals surface area contributed by atoms with Crippen molar-refractivity contribution in [3.8, 4) is 0 Å². The van der Waals surface area contributed by atoms with Gasteiger partial charge >= 0.3 is 0 Å². The lowest BCUT2D eigenvalue weighted by Crippen LogP contribution is -2.37. The zero-order valence-electron chi connectivity index (χ0n) is 11.3. The van der Waals surface area contributed by atoms with Gasteiger partial charge in [0.15, 0.2) is 0 Å². The molecule has 0 aliphatic carbocycles. The number of hydrogen-bond acceptors (Lipinski definition) is 2. The number of nitrogens with zero attached hydrogens (tertiary/aromatic N) is 1. The molecule has 0 radical (unpaired) electrons. The summed E-state index contributed by atoms with van der Waals surface area (Å²) in [7, 11) is 2.09. The van der Waals surface area contributed by atoms with Gasteiger partial charge in [-0.3, -0.25) is 4.90 Å². The van der Waals surface area contributed by atoms with Crippen LogP contribution in [0.5, 0.6) is 0 Å². The van der Waals surface area contributed by atoms with Crippen molar-refractivity contribution in [1.82, 2.24) is 4.90 Å². The van der Waals surface area contributed by atoms with Gasteiger partial charge in [0.2, 0.25) is 0 Å². The first-order chi connectivity index (χ1) is 8.52. The van der Waals surface area contributed by atoms with E-state index in [4.69, 9.17) is 28.9 Å². The van der Waals surface area contributed by atoms with Gasteiger partial charge in [-0.25, -0.2) is 0 Å². The highest BCUT2D eigenvalue weighted by Crippen LogP contribution is 2.32. The fourth-order valence-corrected chi connectivity index (χ4v) is 2.65. The molecule has 4 heteroatoms. The van der Waals surface area contributed by atoms with Gasteiger partial charge in [0.05, 0.1) is 10.0 Å². The molecule has 2 unspecified atom stereocenters. The first kappa shape index (κ1) is 15.8. The van der Waals surface area contributed by atoms with Gasteiger partial charge in [0.1, 0.15) is 0 Å². The molecule has 0 aliphatic heterocycles. The Morgan fingerprint density at radius 2 is 2.00 bits per heavy atom. The average molecular weight is 289 g/mol. The SMILES string of the molecule is CCCC(C)N(C)C(CN)c1cccc(Cl)c1Cl. The predicted molar refractivity (Wildman–Crippen MR) is 80.4 cm³/mol. The summed E-state index contributed by atoms with van der Waals surface area (Å²) >= 11 is 12.3. The molecule has 1 rings (SSSR count). The van der Waals surface area contributed by atoms with E-state index < -0.39 is 0 Å². The van der Waals surface area contributed by atoms with E-state index in [-0.39, 0.29) is 6.04 Å². The van der Waals surface area contributed by atoms with Crippen LogP contribution in [0.2, 0.25) is 10.0 Å². The summed E-state index contributed by atoms with van der Waals surface area (Å²) in [6.07, 6.45) is 2.30. The molecule has 0 fully saturated rings. The zero-order chi connectivity index (χ0) is 13.7. The van der Waals surface area contributed by atoms with Gasteiger partial charge in [-0.1, -0.05) is 48.7 Å². The third-order valence-electron chi connectivity index (χ3n) is 3.46. The first-order valence-corrected chi connectivity index (χ1v) is 7.14. The summed E-state index contributed by atoms with van der Waals surface area (Å²) in [5.41, 5.74) is 6.93. The molecule has 0 saturated heterocycles. The Balaban J connectivity index is 2.98. The normalized spacial score (nSPS) is 14.8. The van der Waals surface area contributed by atoms with Crippen molar-refractivity contribution < 1.29 is 0 Å². The molecule has 1 aromatic rings. The van der Waals surface area contributed by atoms with E-state index >= 15 is 0 Å². The maximum absolute atomic E-state index is 6.28. The smallest absolute Gasteiger partial charge is 0.0640 e. The van der Waals surface area contributed by atoms with Gasteiger partial charge in [-0.2, -0.15) is 0 Å². The number of nitrogens with two attached hydrogens (primary N) is 1. The van der Waals surface area contributed by atoms with Crippen molar-refractivity contribution in [2.75, 3.05) is 13.6 Å². The highest BCUT2D eigenvalue weighted by molar-refractivity contribution is 6.42. The summed E-state index contributed by atoms with van der Waals surface area (Å²) < 4.78 is 0. The van der Waals surface area contributed by atoms with Crippen LogP contribution in [-0.4, -0.2) is 24.5 Å². The van der Waals surface area contributed by atoms with E-state index in [1.807, 2.05) is 12.1 Å². The van der Waals surface area contributed by atoms with Crippen LogP contribution in [0.3, 0.4) is 0 Å². The fraction of sp³-hybridized carbons (Fsp3) is 0.571. The number of likely N-dealkylation sites (N-methyl/N-ethyl adjacent to an activating group) is 1. The molecular formula is C14H22Cl2N2. The van der Waals surface area contributed by atoms with Crippen LogP contribution in [0, 0.1) is 0 Å². The third kappa shape index (κ3) is 3.61. The third-order valence-corrected chi connectivity index (χ3v) is 4.29. The minimum Gasteiger partial charge on any atom is -0.329 e. The Bertz CT molecular complexity index is 382. The molecule has 0 spiro atoms. The Kier molecular flexibility index (Phi) is 6.44. The largest absolute Gasteiger partial charge is 0.329 e. The lowest BCUT2D eigenvalue weighted by atomic mass is 10.0. The number of hydrogen-bond donors (Lipinski definition) is 1. The molecule has 2 nitrogen and oxygen atoms in total. The molecular weight excluding hydrogens is 267 g/mol. The van der Waals surface area contributed by atoms with Gasteiger partial charge in [0.25, 0.3) is 0 Å². The number of halogens is 2. The fourth-order valence-electron chi connectivity index (χ4n) is 2.22. The molecule has 1 aromatic carbocycles. The van der Waals surface area contributed by atoms with Gasteiger partial charge < -0.3 is 5.73 Å². The Labute approximate surface area is 120 Å². The highest BCUT2D eigenvalue weighted by Gasteiger charge is 2.22. The molecule has 0 aromatic heterocycles. The monoisotopic (exact) mass is 288 g/mol. The van der Waals surface area contributed by atoms with Crippen LogP contribution in [0.4, 0.5) is 0 Å². The standard InChI is InChI=1S/C14H22Cl2N2/c1-4-6-10(2)18(3)13(9-17)11-7-5-8-12(15)14(11)16/h5,7-8,10,13H,4,6,9,17H2,1-3H3. The molecule has 0 bridgehead atoms. The van der Waals surface area contributed by atoms with Gasteiger partial charge in [-0.15, -0.1) is 0 Å². The van der Waals surface area contributed by atoms with E-state index in [0.29, 0.717) is 22.6 Å². The van der Waals surface area contributed by atoms with Crippen LogP contribution in [0.15, 0.2) is 18.2 Å². The first-order valence-electron chi connectivity index (χ1n) is 6.38. The number of benzene rings is 1. The van der Waals surface area contributed by atoms with Gasteiger partial charge in [-0.05, 0) is 32.0 Å². The minimum atomic E-state index is 0.109. The second-order valence-electron chi connectivity index (χ2n) is 4.70. The zero-order valence-corrected chi connectivity index (χ0v) is 12.8. The molecule has 0 amide bonds. The molecule has 0 aliphatic rings. The van der Waals surface area contributed by atoms with Crippen LogP contribution < -0.4 is 5.73 Å². The Morgan fingerprint density at radius 1 is 1.33 bits per heavy atom. The van der Waals surface area contributed by atoms with Crippen molar-refractivity contribution >= 4 is 23.2 Å². The van der Waals surface area contributed by atoms with E-state index in [9.17, 15) is 0 Å². The summed E-state index contributed by atoms with van der Waals surface area (Å²) in [4.78, 5) is 2.28. The maximum atomic E-state index is 6.28. The number of rotatable bonds is 6. The summed E-state index contributed by atoms with van der Waals surface area (Å²) in [5, 5.41) is 1.20. The molecule has 2 atom stereocenters. The van der Waals surface area contributed by atoms with E-state index in [1.165, 1.54) is 0 Å². The minimum absolute atomic E-state index is 0.109. The van der Waals surface area contributed by atoms with Crippen molar-refractivity contribution in [2.45, 2.75) is 38.8 Å². The lowest BCUT2D eigenvalue weighted by molar-refractivity contribution is 0.180. The van der Waals surface area contributed by atoms with Crippen LogP contribution in [-0.2, 0) is 0 Å². The van der Waals surface area contributed by atoms with Crippen LogP contribution in [0.1, 0.15) is 38.3 Å². The molecule has 0 heterocycles. The quantitative estimate of drug-likeness (QED) is 0.853. The maximum Gasteiger partial charge on any atom is 0.0640 e. The summed E-state index contributed by atoms with van der Waals surface area (Å²) in [5.74, 6) is 0. The van der Waals surface area contributed by atoms with Crippen molar-refractivity contribution in [2.24, 2.45) is 5.73 Å². The summed E-state index contributed by atoms with van der Waals surface area (Å²) in [6, 6.07) is 6.30. The second kappa shape index (κ2) is 7.34. The summed E-state index contributed by atoms with van der Waals surface area (Å²) in [6.45, 7) is 4.93. The Hall–Kier alpha value is -0.280. The van der Waals surface area contributed by atoms with Crippen molar-refractivity contribution in [3.63, 3.8) is 0 Å². The second-order valence-corrected chi connectivity index (χ2v) is 5.48. The van der Waals surface area contributed by atoms with Crippen molar-refractivity contribution in [1.29, 1.82) is 0 Å². The molecule has 0 saturated carbocycles. The van der Waals surface area contributed by atoms with Gasteiger partial charge in [0, 0.05) is 18.6 Å². The van der Waals surface area contributed by atoms with Crippen LogP contribution in [0.25, 0.3) is 0 Å². The topological polar surface area (TPSA) is 29.3 Å². The Morgan fingerprint density at radius 3 is 2.56 bits per heavy atom.